The van der Waals surface area contributed by atoms with E-state index < -0.39 is 0 Å². The van der Waals surface area contributed by atoms with Crippen LogP contribution in [-0.4, -0.2) is 32.5 Å². The highest BCUT2D eigenvalue weighted by Crippen LogP contribution is 2.31. The average molecular weight is 453 g/mol. The van der Waals surface area contributed by atoms with Crippen molar-refractivity contribution in [3.8, 4) is 22.8 Å². The molecule has 4 rings (SSSR count). The summed E-state index contributed by atoms with van der Waals surface area (Å²) in [7, 11) is 0. The van der Waals surface area contributed by atoms with Crippen LogP contribution in [-0.2, 0) is 16.0 Å². The Kier molecular flexibility index (Phi) is 6.28. The lowest BCUT2D eigenvalue weighted by molar-refractivity contribution is -0.143. The molecule has 7 nitrogen and oxygen atoms in total. The molecule has 0 spiro atoms. The van der Waals surface area contributed by atoms with Crippen LogP contribution < -0.4 is 0 Å². The summed E-state index contributed by atoms with van der Waals surface area (Å²) in [6.45, 7) is 8.32. The van der Waals surface area contributed by atoms with Gasteiger partial charge in [0.25, 0.3) is 5.89 Å². The molecular weight excluding hydrogens is 428 g/mol. The number of rotatable bonds is 7. The van der Waals surface area contributed by atoms with Gasteiger partial charge in [-0.2, -0.15) is 10.1 Å². The van der Waals surface area contributed by atoms with Crippen LogP contribution in [0.4, 0.5) is 0 Å². The van der Waals surface area contributed by atoms with E-state index in [1.807, 2.05) is 48.0 Å². The van der Waals surface area contributed by atoms with Crippen molar-refractivity contribution < 1.29 is 14.1 Å². The van der Waals surface area contributed by atoms with Crippen LogP contribution in [0.2, 0.25) is 5.15 Å². The Morgan fingerprint density at radius 3 is 2.75 bits per heavy atom. The van der Waals surface area contributed by atoms with Gasteiger partial charge in [0.15, 0.2) is 5.15 Å². The quantitative estimate of drug-likeness (QED) is 0.330. The van der Waals surface area contributed by atoms with Crippen LogP contribution in [0.25, 0.3) is 33.7 Å². The Bertz CT molecular complexity index is 1280. The third-order valence-corrected chi connectivity index (χ3v) is 5.56. The van der Waals surface area contributed by atoms with E-state index in [1.165, 1.54) is 0 Å². The van der Waals surface area contributed by atoms with E-state index in [-0.39, 0.29) is 12.0 Å². The summed E-state index contributed by atoms with van der Waals surface area (Å²) in [5.74, 6) is 0.743. The summed E-state index contributed by atoms with van der Waals surface area (Å²) in [4.78, 5) is 16.2. The van der Waals surface area contributed by atoms with E-state index in [9.17, 15) is 4.79 Å². The number of hydrogen-bond donors (Lipinski definition) is 0. The SMILES string of the molecule is CCOC(=O)CCc1ccc(-c2noc(-c3ccc4c(c3)c(Cl)nn4C(C)C)n2)c(C)c1. The molecule has 0 aliphatic rings. The third kappa shape index (κ3) is 4.39. The van der Waals surface area contributed by atoms with E-state index in [1.54, 1.807) is 6.92 Å². The highest BCUT2D eigenvalue weighted by atomic mass is 35.5. The maximum Gasteiger partial charge on any atom is 0.306 e. The van der Waals surface area contributed by atoms with Crippen molar-refractivity contribution in [1.82, 2.24) is 19.9 Å². The number of carbonyl (C=O) groups excluding carboxylic acids is 1. The van der Waals surface area contributed by atoms with Crippen molar-refractivity contribution in [2.45, 2.75) is 46.6 Å². The van der Waals surface area contributed by atoms with Crippen molar-refractivity contribution >= 4 is 28.5 Å². The fraction of sp³-hybridized carbons (Fsp3) is 0.333. The number of fused-ring (bicyclic) bond motifs is 1. The van der Waals surface area contributed by atoms with E-state index in [0.29, 0.717) is 36.3 Å². The second-order valence-corrected chi connectivity index (χ2v) is 8.30. The molecule has 0 bridgehead atoms. The first-order valence-electron chi connectivity index (χ1n) is 10.6. The van der Waals surface area contributed by atoms with Gasteiger partial charge in [0.2, 0.25) is 5.82 Å². The van der Waals surface area contributed by atoms with Gasteiger partial charge in [0.05, 0.1) is 12.1 Å². The van der Waals surface area contributed by atoms with Crippen LogP contribution in [0.3, 0.4) is 0 Å². The summed E-state index contributed by atoms with van der Waals surface area (Å²) < 4.78 is 12.4. The monoisotopic (exact) mass is 452 g/mol. The first kappa shape index (κ1) is 22.0. The summed E-state index contributed by atoms with van der Waals surface area (Å²) in [6.07, 6.45) is 0.986. The third-order valence-electron chi connectivity index (χ3n) is 5.28. The molecule has 0 aliphatic carbocycles. The zero-order valence-corrected chi connectivity index (χ0v) is 19.3. The standard InChI is InChI=1S/C24H25ClN4O3/c1-5-31-21(30)11-7-16-6-9-18(15(4)12-16)23-26-24(32-28-23)17-8-10-20-19(13-17)22(25)27-29(20)14(2)3/h6,8-10,12-14H,5,7,11H2,1-4H3. The van der Waals surface area contributed by atoms with Crippen molar-refractivity contribution in [3.05, 3.63) is 52.7 Å². The molecule has 0 saturated carbocycles. The van der Waals surface area contributed by atoms with Gasteiger partial charge in [-0.25, -0.2) is 0 Å². The Morgan fingerprint density at radius 2 is 2.03 bits per heavy atom. The minimum absolute atomic E-state index is 0.187. The molecule has 2 heterocycles. The van der Waals surface area contributed by atoms with Crippen molar-refractivity contribution in [1.29, 1.82) is 0 Å². The predicted octanol–water partition coefficient (Wildman–Crippen LogP) is 5.79. The number of ether oxygens (including phenoxy) is 1. The zero-order chi connectivity index (χ0) is 22.8. The second kappa shape index (κ2) is 9.12. The maximum absolute atomic E-state index is 11.6. The van der Waals surface area contributed by atoms with Crippen molar-refractivity contribution in [2.24, 2.45) is 0 Å². The molecule has 0 fully saturated rings. The molecule has 4 aromatic rings. The van der Waals surface area contributed by atoms with Crippen LogP contribution in [0.15, 0.2) is 40.9 Å². The van der Waals surface area contributed by atoms with Gasteiger partial charge in [0.1, 0.15) is 0 Å². The lowest BCUT2D eigenvalue weighted by Crippen LogP contribution is -2.05. The number of carbonyl (C=O) groups is 1. The fourth-order valence-corrected chi connectivity index (χ4v) is 3.92. The highest BCUT2D eigenvalue weighted by Gasteiger charge is 2.17. The molecular formula is C24H25ClN4O3. The molecule has 0 unspecified atom stereocenters. The molecule has 0 atom stereocenters. The Labute approximate surface area is 191 Å². The lowest BCUT2D eigenvalue weighted by atomic mass is 10.0. The second-order valence-electron chi connectivity index (χ2n) is 7.94. The number of aryl methyl sites for hydroxylation is 2. The maximum atomic E-state index is 11.6. The van der Waals surface area contributed by atoms with E-state index in [0.717, 1.165) is 33.2 Å². The number of esters is 1. The number of hydrogen-bond acceptors (Lipinski definition) is 6. The number of halogens is 1. The predicted molar refractivity (Wildman–Crippen MR) is 124 cm³/mol. The minimum atomic E-state index is -0.187. The molecule has 8 heteroatoms. The van der Waals surface area contributed by atoms with Crippen LogP contribution in [0.1, 0.15) is 44.4 Å². The van der Waals surface area contributed by atoms with Gasteiger partial charge in [-0.3, -0.25) is 9.48 Å². The van der Waals surface area contributed by atoms with Gasteiger partial charge < -0.3 is 9.26 Å². The topological polar surface area (TPSA) is 83.0 Å². The van der Waals surface area contributed by atoms with Gasteiger partial charge in [-0.05, 0) is 63.4 Å². The van der Waals surface area contributed by atoms with Crippen LogP contribution in [0, 0.1) is 6.92 Å². The van der Waals surface area contributed by atoms with E-state index >= 15 is 0 Å². The molecule has 0 saturated heterocycles. The molecule has 0 radical (unpaired) electrons. The number of benzene rings is 2. The molecule has 0 aliphatic heterocycles. The first-order valence-corrected chi connectivity index (χ1v) is 11.0. The summed E-state index contributed by atoms with van der Waals surface area (Å²) in [5, 5.41) is 9.89. The Morgan fingerprint density at radius 1 is 1.22 bits per heavy atom. The normalized spacial score (nSPS) is 11.4. The average Bonchev–Trinajstić information content (AvgIpc) is 3.37. The summed E-state index contributed by atoms with van der Waals surface area (Å²) in [6, 6.07) is 12.0. The first-order chi connectivity index (χ1) is 15.4. The van der Waals surface area contributed by atoms with E-state index in [4.69, 9.17) is 20.9 Å². The molecule has 0 amide bonds. The molecule has 0 N–H and O–H groups in total. The number of aromatic nitrogens is 4. The van der Waals surface area contributed by atoms with Crippen LogP contribution >= 0.6 is 11.6 Å². The van der Waals surface area contributed by atoms with Crippen LogP contribution in [0.5, 0.6) is 0 Å². The summed E-state index contributed by atoms with van der Waals surface area (Å²) in [5.41, 5.74) is 4.69. The largest absolute Gasteiger partial charge is 0.466 e. The van der Waals surface area contributed by atoms with Crippen molar-refractivity contribution in [3.63, 3.8) is 0 Å². The highest BCUT2D eigenvalue weighted by molar-refractivity contribution is 6.34. The van der Waals surface area contributed by atoms with Crippen molar-refractivity contribution in [2.75, 3.05) is 6.61 Å². The fourth-order valence-electron chi connectivity index (χ4n) is 3.69. The van der Waals surface area contributed by atoms with E-state index in [2.05, 4.69) is 29.1 Å². The number of nitrogens with zero attached hydrogens (tertiary/aromatic N) is 4. The minimum Gasteiger partial charge on any atom is -0.466 e. The molecule has 2 aromatic carbocycles. The van der Waals surface area contributed by atoms with Gasteiger partial charge >= 0.3 is 5.97 Å². The molecule has 166 valence electrons. The smallest absolute Gasteiger partial charge is 0.306 e. The Balaban J connectivity index is 1.57. The Hall–Kier alpha value is -3.19. The lowest BCUT2D eigenvalue weighted by Gasteiger charge is -2.06. The van der Waals surface area contributed by atoms with Gasteiger partial charge in [-0.1, -0.05) is 35.0 Å². The molecule has 2 aromatic heterocycles. The zero-order valence-electron chi connectivity index (χ0n) is 18.6. The summed E-state index contributed by atoms with van der Waals surface area (Å²) >= 11 is 6.35. The molecule has 32 heavy (non-hydrogen) atoms. The van der Waals surface area contributed by atoms with Gasteiger partial charge in [-0.15, -0.1) is 0 Å². The van der Waals surface area contributed by atoms with Gasteiger partial charge in [0, 0.05) is 29.0 Å².